The van der Waals surface area contributed by atoms with E-state index in [0.717, 1.165) is 23.8 Å². The molecule has 14 heteroatoms. The van der Waals surface area contributed by atoms with Gasteiger partial charge in [0.25, 0.3) is 5.56 Å². The van der Waals surface area contributed by atoms with Crippen LogP contribution in [0, 0.1) is 0 Å². The molecule has 5 unspecified atom stereocenters. The molecule has 0 saturated carbocycles. The number of nitrogens with one attached hydrogen (secondary N) is 2. The molecule has 2 heterocycles. The zero-order valence-corrected chi connectivity index (χ0v) is 17.7. The van der Waals surface area contributed by atoms with E-state index in [1.165, 1.54) is 6.92 Å². The second-order valence-electron chi connectivity index (χ2n) is 7.29. The minimum atomic E-state index is -4.55. The largest absolute Gasteiger partial charge is 0.462 e. The summed E-state index contributed by atoms with van der Waals surface area (Å²) in [6, 6.07) is -0.211. The average Bonchev–Trinajstić information content (AvgIpc) is 2.82. The molecule has 0 amide bonds. The number of H-pyrrole nitrogens is 1. The Bertz CT molecular complexity index is 931. The van der Waals surface area contributed by atoms with E-state index < -0.39 is 67.8 Å². The lowest BCUT2D eigenvalue weighted by atomic mass is 9.98. The number of aromatic amines is 1. The number of carbonyl (C=O) groups is 1. The van der Waals surface area contributed by atoms with E-state index in [4.69, 9.17) is 14.0 Å². The number of esters is 1. The Kier molecular flexibility index (Phi) is 7.38. The quantitative estimate of drug-likeness (QED) is 0.299. The second kappa shape index (κ2) is 9.08. The van der Waals surface area contributed by atoms with E-state index in [-0.39, 0.29) is 0 Å². The smallest absolute Gasteiger partial charge is 0.403 e. The predicted octanol–water partition coefficient (Wildman–Crippen LogP) is -0.430. The molecule has 12 nitrogen and oxygen atoms in total. The third kappa shape index (κ3) is 5.62. The van der Waals surface area contributed by atoms with E-state index >= 15 is 4.39 Å². The van der Waals surface area contributed by atoms with Crippen molar-refractivity contribution in [2.45, 2.75) is 63.9 Å². The molecule has 4 N–H and O–H groups in total. The van der Waals surface area contributed by atoms with E-state index in [2.05, 4.69) is 5.09 Å². The molecular weight excluding hydrogens is 428 g/mol. The number of aliphatic hydroxyl groups excluding tert-OH is 1. The average molecular weight is 453 g/mol. The van der Waals surface area contributed by atoms with Gasteiger partial charge >= 0.3 is 19.4 Å². The third-order valence-electron chi connectivity index (χ3n) is 4.30. The number of rotatable bonds is 8. The van der Waals surface area contributed by atoms with Crippen LogP contribution in [0.2, 0.25) is 0 Å². The van der Waals surface area contributed by atoms with E-state index in [1.54, 1.807) is 13.8 Å². The molecule has 1 aliphatic heterocycles. The topological polar surface area (TPSA) is 169 Å². The molecule has 6 atom stereocenters. The zero-order chi connectivity index (χ0) is 22.9. The minimum Gasteiger partial charge on any atom is -0.462 e. The van der Waals surface area contributed by atoms with E-state index in [0.29, 0.717) is 0 Å². The summed E-state index contributed by atoms with van der Waals surface area (Å²) in [5, 5.41) is 12.3. The lowest BCUT2D eigenvalue weighted by molar-refractivity contribution is -0.149. The minimum absolute atomic E-state index is 0.432. The van der Waals surface area contributed by atoms with Crippen LogP contribution >= 0.6 is 7.75 Å². The van der Waals surface area contributed by atoms with Gasteiger partial charge in [0.2, 0.25) is 0 Å². The molecule has 0 spiro atoms. The van der Waals surface area contributed by atoms with Gasteiger partial charge in [-0.3, -0.25) is 23.7 Å². The van der Waals surface area contributed by atoms with Crippen LogP contribution in [0.5, 0.6) is 0 Å². The summed E-state index contributed by atoms with van der Waals surface area (Å²) in [5.74, 6) is -0.783. The highest BCUT2D eigenvalue weighted by atomic mass is 31.2. The molecule has 1 aromatic heterocycles. The molecule has 0 radical (unpaired) electrons. The lowest BCUT2D eigenvalue weighted by Crippen LogP contribution is -2.43. The van der Waals surface area contributed by atoms with Gasteiger partial charge in [0, 0.05) is 12.3 Å². The highest BCUT2D eigenvalue weighted by molar-refractivity contribution is 7.50. The van der Waals surface area contributed by atoms with Crippen molar-refractivity contribution in [1.29, 1.82) is 0 Å². The summed E-state index contributed by atoms with van der Waals surface area (Å²) in [7, 11) is -4.55. The SMILES string of the molecule is CC(C)OC(=O)C(C)NP(=O)(O)OCC1OC(n2ccc(=O)[nH]c2=O)[C@](C)(F)C1O. The first-order valence-corrected chi connectivity index (χ1v) is 10.6. The fraction of sp³-hybridized carbons (Fsp3) is 0.688. The Labute approximate surface area is 170 Å². The summed E-state index contributed by atoms with van der Waals surface area (Å²) < 4.78 is 43.0. The van der Waals surface area contributed by atoms with Crippen molar-refractivity contribution in [1.82, 2.24) is 14.6 Å². The molecule has 1 fully saturated rings. The van der Waals surface area contributed by atoms with Gasteiger partial charge < -0.3 is 19.5 Å². The van der Waals surface area contributed by atoms with Crippen LogP contribution < -0.4 is 16.3 Å². The van der Waals surface area contributed by atoms with Gasteiger partial charge in [0.05, 0.1) is 12.7 Å². The van der Waals surface area contributed by atoms with Crippen molar-refractivity contribution in [3.8, 4) is 0 Å². The maximum Gasteiger partial charge on any atom is 0.403 e. The van der Waals surface area contributed by atoms with Gasteiger partial charge in [-0.2, -0.15) is 0 Å². The molecule has 0 aromatic carbocycles. The van der Waals surface area contributed by atoms with Gasteiger partial charge in [-0.05, 0) is 27.7 Å². The van der Waals surface area contributed by atoms with Crippen molar-refractivity contribution >= 4 is 13.7 Å². The number of hydrogen-bond donors (Lipinski definition) is 4. The second-order valence-corrected chi connectivity index (χ2v) is 8.85. The van der Waals surface area contributed by atoms with Gasteiger partial charge in [-0.15, -0.1) is 0 Å². The van der Waals surface area contributed by atoms with Crippen LogP contribution in [0.1, 0.15) is 33.9 Å². The fourth-order valence-electron chi connectivity index (χ4n) is 2.81. The lowest BCUT2D eigenvalue weighted by Gasteiger charge is -2.24. The number of aliphatic hydroxyl groups is 1. The molecule has 1 aliphatic rings. The Morgan fingerprint density at radius 2 is 2.10 bits per heavy atom. The normalized spacial score (nSPS) is 29.5. The predicted molar refractivity (Wildman–Crippen MR) is 100 cm³/mol. The highest BCUT2D eigenvalue weighted by Crippen LogP contribution is 2.43. The van der Waals surface area contributed by atoms with Gasteiger partial charge in [-0.25, -0.2) is 18.8 Å². The highest BCUT2D eigenvalue weighted by Gasteiger charge is 2.55. The Hall–Kier alpha value is -1.89. The summed E-state index contributed by atoms with van der Waals surface area (Å²) in [6.07, 6.45) is -4.32. The van der Waals surface area contributed by atoms with Crippen LogP contribution in [0.3, 0.4) is 0 Å². The third-order valence-corrected chi connectivity index (χ3v) is 5.51. The van der Waals surface area contributed by atoms with E-state index in [1.807, 2.05) is 4.98 Å². The molecule has 170 valence electrons. The standard InChI is InChI=1S/C16H25FN3O9P/c1-8(2)28-13(23)9(3)19-30(25,26)27-7-10-12(22)16(4,17)14(29-10)20-6-5-11(21)18-15(20)24/h5-6,8-10,12,14,22H,7H2,1-4H3,(H,18,21,24)(H2,19,25,26)/t9?,10?,12?,14?,16-/m1/s1. The van der Waals surface area contributed by atoms with Crippen molar-refractivity contribution in [2.75, 3.05) is 6.61 Å². The summed E-state index contributed by atoms with van der Waals surface area (Å²) in [6.45, 7) is 4.74. The first-order valence-electron chi connectivity index (χ1n) is 9.04. The number of ether oxygens (including phenoxy) is 2. The number of alkyl halides is 1. The molecule has 0 bridgehead atoms. The molecule has 1 saturated heterocycles. The van der Waals surface area contributed by atoms with Gasteiger partial charge in [0.15, 0.2) is 11.9 Å². The van der Waals surface area contributed by atoms with Crippen molar-refractivity contribution in [3.05, 3.63) is 33.1 Å². The number of carbonyl (C=O) groups excluding carboxylic acids is 1. The first-order chi connectivity index (χ1) is 13.7. The Morgan fingerprint density at radius 3 is 2.67 bits per heavy atom. The number of aromatic nitrogens is 2. The summed E-state index contributed by atoms with van der Waals surface area (Å²) in [4.78, 5) is 46.7. The molecule has 2 rings (SSSR count). The van der Waals surface area contributed by atoms with E-state index in [9.17, 15) is 28.9 Å². The van der Waals surface area contributed by atoms with Crippen molar-refractivity contribution < 1.29 is 37.7 Å². The zero-order valence-electron chi connectivity index (χ0n) is 16.8. The monoisotopic (exact) mass is 453 g/mol. The number of halogens is 1. The maximum atomic E-state index is 15.1. The number of hydrogen-bond acceptors (Lipinski definition) is 8. The van der Waals surface area contributed by atoms with Crippen LogP contribution in [-0.4, -0.2) is 62.1 Å². The molecule has 30 heavy (non-hydrogen) atoms. The van der Waals surface area contributed by atoms with Crippen LogP contribution in [0.15, 0.2) is 21.9 Å². The Balaban J connectivity index is 2.06. The first kappa shape index (κ1) is 24.4. The molecule has 1 aromatic rings. The maximum absolute atomic E-state index is 15.1. The Morgan fingerprint density at radius 1 is 1.47 bits per heavy atom. The summed E-state index contributed by atoms with van der Waals surface area (Å²) >= 11 is 0. The van der Waals surface area contributed by atoms with Crippen molar-refractivity contribution in [3.63, 3.8) is 0 Å². The van der Waals surface area contributed by atoms with Crippen molar-refractivity contribution in [2.24, 2.45) is 0 Å². The van der Waals surface area contributed by atoms with Crippen LogP contribution in [0.25, 0.3) is 0 Å². The van der Waals surface area contributed by atoms with Gasteiger partial charge in [0.1, 0.15) is 18.2 Å². The van der Waals surface area contributed by atoms with Gasteiger partial charge in [-0.1, -0.05) is 0 Å². The number of nitrogens with zero attached hydrogens (tertiary/aromatic N) is 1. The molecule has 0 aliphatic carbocycles. The fourth-order valence-corrected chi connectivity index (χ4v) is 3.82. The molecular formula is C16H25FN3O9P. The van der Waals surface area contributed by atoms with Crippen LogP contribution in [0.4, 0.5) is 4.39 Å². The van der Waals surface area contributed by atoms with Crippen LogP contribution in [-0.2, 0) is 23.4 Å². The summed E-state index contributed by atoms with van der Waals surface area (Å²) in [5.41, 5.74) is -4.15.